The lowest BCUT2D eigenvalue weighted by molar-refractivity contribution is -0.0777. The summed E-state index contributed by atoms with van der Waals surface area (Å²) in [5.74, 6) is 0. The molecule has 0 N–H and O–H groups in total. The molecular weight excluding hydrogens is 288 g/mol. The van der Waals surface area contributed by atoms with Crippen LogP contribution in [0.4, 0.5) is 0 Å². The van der Waals surface area contributed by atoms with Crippen LogP contribution in [0.5, 0.6) is 0 Å². The molecule has 4 nitrogen and oxygen atoms in total. The summed E-state index contributed by atoms with van der Waals surface area (Å²) < 4.78 is 10.9. The van der Waals surface area contributed by atoms with Crippen molar-refractivity contribution in [3.05, 3.63) is 35.2 Å². The molecule has 0 aliphatic rings. The van der Waals surface area contributed by atoms with Crippen molar-refractivity contribution >= 4 is 11.0 Å². The van der Waals surface area contributed by atoms with E-state index in [0.29, 0.717) is 6.79 Å². The molecule has 1 atom stereocenters. The molecule has 0 saturated heterocycles. The van der Waals surface area contributed by atoms with Crippen LogP contribution in [0.15, 0.2) is 18.2 Å². The molecule has 0 bridgehead atoms. The molecule has 2 aromatic rings. The molecule has 23 heavy (non-hydrogen) atoms. The summed E-state index contributed by atoms with van der Waals surface area (Å²) in [5, 5.41) is 1.11. The van der Waals surface area contributed by atoms with Crippen molar-refractivity contribution in [2.24, 2.45) is 0 Å². The maximum atomic E-state index is 5.85. The quantitative estimate of drug-likeness (QED) is 0.488. The average Bonchev–Trinajstić information content (AvgIpc) is 2.53. The Kier molecular flexibility index (Phi) is 6.93. The van der Waals surface area contributed by atoms with Crippen molar-refractivity contribution in [1.29, 1.82) is 0 Å². The lowest BCUT2D eigenvalue weighted by atomic mass is 10.0. The molecule has 0 spiro atoms. The monoisotopic (exact) mass is 316 g/mol. The first-order valence-corrected chi connectivity index (χ1v) is 8.51. The zero-order valence-electron chi connectivity index (χ0n) is 14.8. The van der Waals surface area contributed by atoms with Crippen LogP contribution in [0.3, 0.4) is 0 Å². The first-order valence-electron chi connectivity index (χ1n) is 8.51. The highest BCUT2D eigenvalue weighted by molar-refractivity contribution is 5.78. The minimum Gasteiger partial charge on any atom is -0.359 e. The van der Waals surface area contributed by atoms with Crippen molar-refractivity contribution in [1.82, 2.24) is 9.97 Å². The van der Waals surface area contributed by atoms with Gasteiger partial charge in [-0.05, 0) is 44.0 Å². The molecule has 126 valence electrons. The Bertz CT molecular complexity index is 628. The van der Waals surface area contributed by atoms with Crippen LogP contribution in [-0.2, 0) is 9.47 Å². The number of hydrogen-bond acceptors (Lipinski definition) is 4. The number of fused-ring (bicyclic) bond motifs is 1. The van der Waals surface area contributed by atoms with Crippen LogP contribution in [0.2, 0.25) is 0 Å². The normalized spacial score (nSPS) is 12.7. The van der Waals surface area contributed by atoms with E-state index in [1.165, 1.54) is 24.8 Å². The summed E-state index contributed by atoms with van der Waals surface area (Å²) in [5.41, 5.74) is 3.96. The highest BCUT2D eigenvalue weighted by Gasteiger charge is 2.15. The number of pyridine rings is 2. The summed E-state index contributed by atoms with van der Waals surface area (Å²) in [6.45, 7) is 6.62. The number of ether oxygens (including phenoxy) is 2. The highest BCUT2D eigenvalue weighted by atomic mass is 16.7. The van der Waals surface area contributed by atoms with Crippen molar-refractivity contribution in [2.75, 3.05) is 13.9 Å². The predicted octanol–water partition coefficient (Wildman–Crippen LogP) is 4.88. The van der Waals surface area contributed by atoms with Crippen molar-refractivity contribution in [2.45, 2.75) is 59.0 Å². The molecule has 0 radical (unpaired) electrons. The first-order chi connectivity index (χ1) is 11.2. The molecular formula is C19H28N2O2. The first kappa shape index (κ1) is 17.8. The third-order valence-corrected chi connectivity index (χ3v) is 4.07. The number of aryl methyl sites for hydroxylation is 2. The Morgan fingerprint density at radius 1 is 1.09 bits per heavy atom. The zero-order chi connectivity index (χ0) is 16.7. The van der Waals surface area contributed by atoms with Gasteiger partial charge in [-0.1, -0.05) is 32.6 Å². The van der Waals surface area contributed by atoms with Gasteiger partial charge in [-0.3, -0.25) is 0 Å². The van der Waals surface area contributed by atoms with E-state index in [-0.39, 0.29) is 6.10 Å². The van der Waals surface area contributed by atoms with E-state index < -0.39 is 0 Å². The maximum absolute atomic E-state index is 5.85. The molecule has 0 aliphatic heterocycles. The summed E-state index contributed by atoms with van der Waals surface area (Å²) in [4.78, 5) is 9.33. The number of rotatable bonds is 9. The van der Waals surface area contributed by atoms with E-state index in [1.54, 1.807) is 7.11 Å². The standard InChI is InChI=1S/C19H28N2O2/c1-5-6-7-8-9-18(23-13-22-4)17-11-10-16-14(2)12-15(3)20-19(16)21-17/h10-12,18H,5-9,13H2,1-4H3. The Morgan fingerprint density at radius 3 is 2.65 bits per heavy atom. The van der Waals surface area contributed by atoms with Crippen molar-refractivity contribution in [3.63, 3.8) is 0 Å². The summed E-state index contributed by atoms with van der Waals surface area (Å²) in [6.07, 6.45) is 5.81. The van der Waals surface area contributed by atoms with Gasteiger partial charge in [0.05, 0.1) is 5.69 Å². The van der Waals surface area contributed by atoms with Crippen molar-refractivity contribution in [3.8, 4) is 0 Å². The second-order valence-corrected chi connectivity index (χ2v) is 6.10. The predicted molar refractivity (Wildman–Crippen MR) is 93.5 cm³/mol. The van der Waals surface area contributed by atoms with Gasteiger partial charge < -0.3 is 9.47 Å². The van der Waals surface area contributed by atoms with Gasteiger partial charge in [0.15, 0.2) is 5.65 Å². The highest BCUT2D eigenvalue weighted by Crippen LogP contribution is 2.25. The van der Waals surface area contributed by atoms with E-state index in [1.807, 2.05) is 6.92 Å². The Hall–Kier alpha value is -1.52. The third-order valence-electron chi connectivity index (χ3n) is 4.07. The van der Waals surface area contributed by atoms with E-state index in [2.05, 4.69) is 37.0 Å². The Labute approximate surface area is 139 Å². The van der Waals surface area contributed by atoms with Crippen LogP contribution < -0.4 is 0 Å². The van der Waals surface area contributed by atoms with Crippen LogP contribution in [0.25, 0.3) is 11.0 Å². The fourth-order valence-electron chi connectivity index (χ4n) is 2.85. The third kappa shape index (κ3) is 4.98. The van der Waals surface area contributed by atoms with Crippen molar-refractivity contribution < 1.29 is 9.47 Å². The summed E-state index contributed by atoms with van der Waals surface area (Å²) >= 11 is 0. The molecule has 4 heteroatoms. The molecule has 2 rings (SSSR count). The number of methoxy groups -OCH3 is 1. The average molecular weight is 316 g/mol. The number of unbranched alkanes of at least 4 members (excludes halogenated alkanes) is 3. The van der Waals surface area contributed by atoms with Gasteiger partial charge in [-0.15, -0.1) is 0 Å². The Morgan fingerprint density at radius 2 is 1.91 bits per heavy atom. The molecule has 2 aromatic heterocycles. The minimum atomic E-state index is -0.0289. The van der Waals surface area contributed by atoms with Crippen LogP contribution in [0.1, 0.15) is 62.1 Å². The maximum Gasteiger partial charge on any atom is 0.160 e. The molecule has 0 aromatic carbocycles. The number of aromatic nitrogens is 2. The Balaban J connectivity index is 2.20. The second-order valence-electron chi connectivity index (χ2n) is 6.10. The summed E-state index contributed by atoms with van der Waals surface area (Å²) in [6, 6.07) is 6.26. The largest absolute Gasteiger partial charge is 0.359 e. The number of hydrogen-bond donors (Lipinski definition) is 0. The minimum absolute atomic E-state index is 0.0289. The molecule has 0 saturated carbocycles. The number of nitrogens with zero attached hydrogens (tertiary/aromatic N) is 2. The van der Waals surface area contributed by atoms with E-state index in [4.69, 9.17) is 14.5 Å². The topological polar surface area (TPSA) is 44.2 Å². The lowest BCUT2D eigenvalue weighted by Crippen LogP contribution is -2.09. The lowest BCUT2D eigenvalue weighted by Gasteiger charge is -2.17. The van der Waals surface area contributed by atoms with E-state index in [9.17, 15) is 0 Å². The van der Waals surface area contributed by atoms with E-state index >= 15 is 0 Å². The van der Waals surface area contributed by atoms with Crippen LogP contribution in [-0.4, -0.2) is 23.9 Å². The van der Waals surface area contributed by atoms with E-state index in [0.717, 1.165) is 35.3 Å². The van der Waals surface area contributed by atoms with Gasteiger partial charge >= 0.3 is 0 Å². The SMILES string of the molecule is CCCCCCC(OCOC)c1ccc2c(C)cc(C)nc2n1. The van der Waals surface area contributed by atoms with Gasteiger partial charge in [0.25, 0.3) is 0 Å². The smallest absolute Gasteiger partial charge is 0.160 e. The molecule has 0 fully saturated rings. The molecule has 1 unspecified atom stereocenters. The molecule has 0 aliphatic carbocycles. The van der Waals surface area contributed by atoms with Crippen LogP contribution in [0, 0.1) is 13.8 Å². The van der Waals surface area contributed by atoms with Crippen LogP contribution >= 0.6 is 0 Å². The van der Waals surface area contributed by atoms with Gasteiger partial charge in [-0.2, -0.15) is 0 Å². The second kappa shape index (κ2) is 8.94. The van der Waals surface area contributed by atoms with Gasteiger partial charge in [0.1, 0.15) is 12.9 Å². The van der Waals surface area contributed by atoms with Gasteiger partial charge in [-0.25, -0.2) is 9.97 Å². The zero-order valence-corrected chi connectivity index (χ0v) is 14.8. The summed E-state index contributed by atoms with van der Waals surface area (Å²) in [7, 11) is 1.65. The molecule has 0 amide bonds. The van der Waals surface area contributed by atoms with Gasteiger partial charge in [0, 0.05) is 18.2 Å². The fraction of sp³-hybridized carbons (Fsp3) is 0.579. The van der Waals surface area contributed by atoms with Gasteiger partial charge in [0.2, 0.25) is 0 Å². The fourth-order valence-corrected chi connectivity index (χ4v) is 2.85. The molecule has 2 heterocycles.